The lowest BCUT2D eigenvalue weighted by Gasteiger charge is -2.34. The highest BCUT2D eigenvalue weighted by Gasteiger charge is 2.32. The number of carbonyl (C=O) groups is 2. The van der Waals surface area contributed by atoms with Gasteiger partial charge in [0.25, 0.3) is 5.91 Å². The molecule has 0 saturated carbocycles. The molecule has 1 N–H and O–H groups in total. The fourth-order valence-corrected chi connectivity index (χ4v) is 2.39. The molecule has 0 radical (unpaired) electrons. The summed E-state index contributed by atoms with van der Waals surface area (Å²) in [6.07, 6.45) is 5.45. The van der Waals surface area contributed by atoms with Crippen molar-refractivity contribution in [2.75, 3.05) is 26.8 Å². The molecule has 6 heteroatoms. The Bertz CT molecular complexity index is 444. The standard InChI is InChI=1S/C14H20N2O4/c1-19-9-6-15-13(17)12-4-2-3-7-16(12)14(18)11-5-8-20-10-11/h5,8,10,12H,2-4,6-7,9H2,1H3,(H,15,17). The Morgan fingerprint density at radius 1 is 1.50 bits per heavy atom. The predicted molar refractivity (Wildman–Crippen MR) is 72.3 cm³/mol. The predicted octanol–water partition coefficient (Wildman–Crippen LogP) is 1.04. The number of methoxy groups -OCH3 is 1. The number of carbonyl (C=O) groups excluding carboxylic acids is 2. The fourth-order valence-electron chi connectivity index (χ4n) is 2.39. The van der Waals surface area contributed by atoms with Crippen LogP contribution in [0.25, 0.3) is 0 Å². The molecule has 0 spiro atoms. The van der Waals surface area contributed by atoms with E-state index in [9.17, 15) is 9.59 Å². The maximum absolute atomic E-state index is 12.4. The van der Waals surface area contributed by atoms with E-state index < -0.39 is 6.04 Å². The van der Waals surface area contributed by atoms with Crippen LogP contribution >= 0.6 is 0 Å². The maximum Gasteiger partial charge on any atom is 0.257 e. The first kappa shape index (κ1) is 14.6. The van der Waals surface area contributed by atoms with Gasteiger partial charge in [-0.1, -0.05) is 0 Å². The number of furan rings is 1. The lowest BCUT2D eigenvalue weighted by Crippen LogP contribution is -2.52. The van der Waals surface area contributed by atoms with Crippen molar-refractivity contribution in [2.24, 2.45) is 0 Å². The highest BCUT2D eigenvalue weighted by atomic mass is 16.5. The van der Waals surface area contributed by atoms with Crippen molar-refractivity contribution in [2.45, 2.75) is 25.3 Å². The van der Waals surface area contributed by atoms with E-state index in [1.165, 1.54) is 12.5 Å². The average molecular weight is 280 g/mol. The molecule has 110 valence electrons. The van der Waals surface area contributed by atoms with E-state index in [4.69, 9.17) is 9.15 Å². The number of nitrogens with one attached hydrogen (secondary N) is 1. The number of hydrogen-bond acceptors (Lipinski definition) is 4. The fraction of sp³-hybridized carbons (Fsp3) is 0.571. The van der Waals surface area contributed by atoms with Gasteiger partial charge < -0.3 is 19.4 Å². The zero-order chi connectivity index (χ0) is 14.4. The second-order valence-corrected chi connectivity index (χ2v) is 4.81. The number of nitrogens with zero attached hydrogens (tertiary/aromatic N) is 1. The van der Waals surface area contributed by atoms with Gasteiger partial charge >= 0.3 is 0 Å². The number of amides is 2. The summed E-state index contributed by atoms with van der Waals surface area (Å²) in [4.78, 5) is 26.2. The van der Waals surface area contributed by atoms with Crippen LogP contribution in [0.3, 0.4) is 0 Å². The normalized spacial score (nSPS) is 18.9. The van der Waals surface area contributed by atoms with E-state index >= 15 is 0 Å². The Balaban J connectivity index is 2.01. The summed E-state index contributed by atoms with van der Waals surface area (Å²) in [5, 5.41) is 2.80. The third-order valence-corrected chi connectivity index (χ3v) is 3.44. The van der Waals surface area contributed by atoms with E-state index in [2.05, 4.69) is 5.32 Å². The van der Waals surface area contributed by atoms with Crippen LogP contribution in [-0.2, 0) is 9.53 Å². The molecule has 1 unspecified atom stereocenters. The van der Waals surface area contributed by atoms with Gasteiger partial charge in [-0.3, -0.25) is 9.59 Å². The maximum atomic E-state index is 12.4. The molecule has 1 aromatic heterocycles. The van der Waals surface area contributed by atoms with E-state index in [0.29, 0.717) is 31.7 Å². The summed E-state index contributed by atoms with van der Waals surface area (Å²) < 4.78 is 9.84. The SMILES string of the molecule is COCCNC(=O)C1CCCCN1C(=O)c1ccoc1. The molecule has 1 aliphatic heterocycles. The van der Waals surface area contributed by atoms with Crippen LogP contribution in [-0.4, -0.2) is 49.6 Å². The second-order valence-electron chi connectivity index (χ2n) is 4.81. The summed E-state index contributed by atoms with van der Waals surface area (Å²) in [5.74, 6) is -0.260. The van der Waals surface area contributed by atoms with Crippen molar-refractivity contribution in [1.29, 1.82) is 0 Å². The Hall–Kier alpha value is -1.82. The topological polar surface area (TPSA) is 71.8 Å². The van der Waals surface area contributed by atoms with Crippen LogP contribution in [0.4, 0.5) is 0 Å². The van der Waals surface area contributed by atoms with Crippen molar-refractivity contribution in [1.82, 2.24) is 10.2 Å². The van der Waals surface area contributed by atoms with E-state index in [1.54, 1.807) is 18.1 Å². The number of likely N-dealkylation sites (tertiary alicyclic amines) is 1. The minimum Gasteiger partial charge on any atom is -0.472 e. The number of rotatable bonds is 5. The first-order chi connectivity index (χ1) is 9.74. The van der Waals surface area contributed by atoms with Crippen LogP contribution < -0.4 is 5.32 Å². The smallest absolute Gasteiger partial charge is 0.257 e. The highest BCUT2D eigenvalue weighted by molar-refractivity contribution is 5.97. The van der Waals surface area contributed by atoms with Gasteiger partial charge in [-0.25, -0.2) is 0 Å². The first-order valence-electron chi connectivity index (χ1n) is 6.84. The molecule has 0 bridgehead atoms. The first-order valence-corrected chi connectivity index (χ1v) is 6.84. The summed E-state index contributed by atoms with van der Waals surface area (Å²) in [6.45, 7) is 1.53. The molecule has 2 amide bonds. The van der Waals surface area contributed by atoms with Gasteiger partial charge in [-0.2, -0.15) is 0 Å². The third kappa shape index (κ3) is 3.39. The van der Waals surface area contributed by atoms with Gasteiger partial charge in [0.05, 0.1) is 18.4 Å². The van der Waals surface area contributed by atoms with Crippen LogP contribution in [0.1, 0.15) is 29.6 Å². The number of ether oxygens (including phenoxy) is 1. The minimum absolute atomic E-state index is 0.112. The van der Waals surface area contributed by atoms with Gasteiger partial charge in [0, 0.05) is 20.2 Å². The molecule has 1 fully saturated rings. The molecule has 1 atom stereocenters. The Morgan fingerprint density at radius 3 is 3.05 bits per heavy atom. The minimum atomic E-state index is -0.400. The van der Waals surface area contributed by atoms with Crippen molar-refractivity contribution in [3.8, 4) is 0 Å². The molecule has 6 nitrogen and oxygen atoms in total. The largest absolute Gasteiger partial charge is 0.472 e. The monoisotopic (exact) mass is 280 g/mol. The van der Waals surface area contributed by atoms with Crippen molar-refractivity contribution >= 4 is 11.8 Å². The van der Waals surface area contributed by atoms with Gasteiger partial charge in [0.2, 0.25) is 5.91 Å². The molecular weight excluding hydrogens is 260 g/mol. The van der Waals surface area contributed by atoms with Gasteiger partial charge in [-0.05, 0) is 25.3 Å². The average Bonchev–Trinajstić information content (AvgIpc) is 3.01. The summed E-state index contributed by atoms with van der Waals surface area (Å²) in [6, 6.07) is 1.22. The molecule has 2 rings (SSSR count). The van der Waals surface area contributed by atoms with Crippen LogP contribution in [0.5, 0.6) is 0 Å². The quantitative estimate of drug-likeness (QED) is 0.818. The van der Waals surface area contributed by atoms with Crippen LogP contribution in [0.15, 0.2) is 23.0 Å². The molecule has 0 aromatic carbocycles. The van der Waals surface area contributed by atoms with Gasteiger partial charge in [-0.15, -0.1) is 0 Å². The summed E-state index contributed by atoms with van der Waals surface area (Å²) in [5.41, 5.74) is 0.488. The zero-order valence-electron chi connectivity index (χ0n) is 11.6. The Morgan fingerprint density at radius 2 is 2.35 bits per heavy atom. The second kappa shape index (κ2) is 7.09. The van der Waals surface area contributed by atoms with Crippen LogP contribution in [0.2, 0.25) is 0 Å². The molecule has 1 aromatic rings. The van der Waals surface area contributed by atoms with Crippen molar-refractivity contribution < 1.29 is 18.7 Å². The third-order valence-electron chi connectivity index (χ3n) is 3.44. The molecule has 0 aliphatic carbocycles. The summed E-state index contributed by atoms with van der Waals surface area (Å²) >= 11 is 0. The lowest BCUT2D eigenvalue weighted by molar-refractivity contribution is -0.126. The Kier molecular flexibility index (Phi) is 5.17. The van der Waals surface area contributed by atoms with Gasteiger partial charge in [0.15, 0.2) is 0 Å². The van der Waals surface area contributed by atoms with Crippen molar-refractivity contribution in [3.63, 3.8) is 0 Å². The molecule has 20 heavy (non-hydrogen) atoms. The number of piperidine rings is 1. The Labute approximate surface area is 118 Å². The number of hydrogen-bond donors (Lipinski definition) is 1. The molecule has 2 heterocycles. The summed E-state index contributed by atoms with van der Waals surface area (Å²) in [7, 11) is 1.58. The molecule has 1 aliphatic rings. The zero-order valence-corrected chi connectivity index (χ0v) is 11.6. The van der Waals surface area contributed by atoms with Crippen molar-refractivity contribution in [3.05, 3.63) is 24.2 Å². The molecule has 1 saturated heterocycles. The van der Waals surface area contributed by atoms with Gasteiger partial charge in [0.1, 0.15) is 12.3 Å². The van der Waals surface area contributed by atoms with Crippen LogP contribution in [0, 0.1) is 0 Å². The van der Waals surface area contributed by atoms with E-state index in [1.807, 2.05) is 0 Å². The molecular formula is C14H20N2O4. The highest BCUT2D eigenvalue weighted by Crippen LogP contribution is 2.20. The van der Waals surface area contributed by atoms with E-state index in [-0.39, 0.29) is 11.8 Å². The van der Waals surface area contributed by atoms with E-state index in [0.717, 1.165) is 12.8 Å². The lowest BCUT2D eigenvalue weighted by atomic mass is 10.0.